The van der Waals surface area contributed by atoms with E-state index >= 15 is 0 Å². The van der Waals surface area contributed by atoms with Crippen LogP contribution in [-0.4, -0.2) is 26.5 Å². The Morgan fingerprint density at radius 1 is 0.833 bits per heavy atom. The van der Waals surface area contributed by atoms with Crippen LogP contribution >= 0.6 is 12.2 Å². The van der Waals surface area contributed by atoms with Crippen LogP contribution in [0.4, 0.5) is 11.4 Å². The fourth-order valence-electron chi connectivity index (χ4n) is 2.51. The standard InChI is InChI=1S/C21H19N3O4S2/c1-28-18-11-7-16(8-12-18)22-21(29)23-17-9-13-19(14-10-17)30(26,27)24-20(25)15-5-3-2-4-6-15/h2-14H,1H3,(H,24,25)(H2,22,23,29). The number of rotatable bonds is 6. The molecule has 0 aliphatic heterocycles. The van der Waals surface area contributed by atoms with Crippen LogP contribution < -0.4 is 20.1 Å². The number of amides is 1. The van der Waals surface area contributed by atoms with E-state index in [1.54, 1.807) is 49.6 Å². The topological polar surface area (TPSA) is 96.5 Å². The van der Waals surface area contributed by atoms with Crippen LogP contribution in [0.1, 0.15) is 10.4 Å². The SMILES string of the molecule is COc1ccc(NC(=S)Nc2ccc(S(=O)(=O)NC(=O)c3ccccc3)cc2)cc1. The molecule has 3 N–H and O–H groups in total. The highest BCUT2D eigenvalue weighted by Gasteiger charge is 2.18. The molecule has 0 bridgehead atoms. The lowest BCUT2D eigenvalue weighted by Crippen LogP contribution is -2.30. The zero-order chi connectivity index (χ0) is 21.6. The fraction of sp³-hybridized carbons (Fsp3) is 0.0476. The Morgan fingerprint density at radius 3 is 1.90 bits per heavy atom. The number of hydrogen-bond donors (Lipinski definition) is 3. The van der Waals surface area contributed by atoms with Crippen molar-refractivity contribution in [3.63, 3.8) is 0 Å². The molecule has 1 amide bonds. The van der Waals surface area contributed by atoms with E-state index in [1.165, 1.54) is 24.3 Å². The van der Waals surface area contributed by atoms with Gasteiger partial charge in [-0.1, -0.05) is 18.2 Å². The lowest BCUT2D eigenvalue weighted by atomic mass is 10.2. The molecule has 0 heterocycles. The summed E-state index contributed by atoms with van der Waals surface area (Å²) in [5.74, 6) is 0.0400. The third kappa shape index (κ3) is 5.56. The maximum atomic E-state index is 12.4. The predicted octanol–water partition coefficient (Wildman–Crippen LogP) is 3.62. The van der Waals surface area contributed by atoms with Crippen LogP contribution in [0.2, 0.25) is 0 Å². The van der Waals surface area contributed by atoms with Gasteiger partial charge >= 0.3 is 0 Å². The summed E-state index contributed by atoms with van der Waals surface area (Å²) in [5.41, 5.74) is 1.62. The number of benzene rings is 3. The maximum absolute atomic E-state index is 12.4. The molecule has 7 nitrogen and oxygen atoms in total. The highest BCUT2D eigenvalue weighted by atomic mass is 32.2. The number of sulfonamides is 1. The first-order valence-electron chi connectivity index (χ1n) is 8.82. The first-order chi connectivity index (χ1) is 14.4. The number of anilines is 2. The first kappa shape index (κ1) is 21.3. The van der Waals surface area contributed by atoms with Crippen molar-refractivity contribution in [1.82, 2.24) is 4.72 Å². The van der Waals surface area contributed by atoms with Crippen molar-refractivity contribution in [2.75, 3.05) is 17.7 Å². The van der Waals surface area contributed by atoms with Crippen LogP contribution in [0.25, 0.3) is 0 Å². The number of methoxy groups -OCH3 is 1. The molecule has 0 aliphatic rings. The number of carbonyl (C=O) groups is 1. The summed E-state index contributed by atoms with van der Waals surface area (Å²) in [6.45, 7) is 0. The molecule has 3 aromatic rings. The average molecular weight is 442 g/mol. The molecule has 0 aliphatic carbocycles. The van der Waals surface area contributed by atoms with Crippen molar-refractivity contribution in [1.29, 1.82) is 0 Å². The summed E-state index contributed by atoms with van der Waals surface area (Å²) >= 11 is 5.27. The summed E-state index contributed by atoms with van der Waals surface area (Å²) in [5, 5.41) is 6.33. The van der Waals surface area contributed by atoms with Gasteiger partial charge < -0.3 is 15.4 Å². The Kier molecular flexibility index (Phi) is 6.65. The summed E-state index contributed by atoms with van der Waals surface area (Å²) in [6.07, 6.45) is 0. The molecule has 9 heteroatoms. The van der Waals surface area contributed by atoms with Gasteiger partial charge in [0.2, 0.25) is 0 Å². The van der Waals surface area contributed by atoms with Gasteiger partial charge in [0.1, 0.15) is 5.75 Å². The summed E-state index contributed by atoms with van der Waals surface area (Å²) in [6, 6.07) is 21.3. The predicted molar refractivity (Wildman–Crippen MR) is 120 cm³/mol. The Hall–Kier alpha value is -3.43. The monoisotopic (exact) mass is 441 g/mol. The molecule has 3 aromatic carbocycles. The third-order valence-electron chi connectivity index (χ3n) is 4.03. The first-order valence-corrected chi connectivity index (χ1v) is 10.7. The molecule has 0 spiro atoms. The minimum atomic E-state index is -4.00. The van der Waals surface area contributed by atoms with Crippen LogP contribution in [0.5, 0.6) is 5.75 Å². The zero-order valence-electron chi connectivity index (χ0n) is 16.0. The molecule has 154 valence electrons. The molecule has 0 saturated carbocycles. The second-order valence-electron chi connectivity index (χ2n) is 6.13. The van der Waals surface area contributed by atoms with Gasteiger partial charge in [0.05, 0.1) is 12.0 Å². The quantitative estimate of drug-likeness (QED) is 0.503. The minimum Gasteiger partial charge on any atom is -0.497 e. The molecule has 0 atom stereocenters. The third-order valence-corrected chi connectivity index (χ3v) is 5.58. The van der Waals surface area contributed by atoms with Crippen molar-refractivity contribution in [2.45, 2.75) is 4.90 Å². The van der Waals surface area contributed by atoms with Crippen LogP contribution in [0, 0.1) is 0 Å². The summed E-state index contributed by atoms with van der Waals surface area (Å²) in [4.78, 5) is 12.1. The average Bonchev–Trinajstić information content (AvgIpc) is 2.75. The van der Waals surface area contributed by atoms with E-state index in [4.69, 9.17) is 17.0 Å². The number of hydrogen-bond acceptors (Lipinski definition) is 5. The van der Waals surface area contributed by atoms with E-state index in [0.29, 0.717) is 10.8 Å². The normalized spacial score (nSPS) is 10.7. The Balaban J connectivity index is 1.62. The highest BCUT2D eigenvalue weighted by molar-refractivity contribution is 7.90. The van der Waals surface area contributed by atoms with E-state index in [1.807, 2.05) is 12.1 Å². The van der Waals surface area contributed by atoms with Gasteiger partial charge in [-0.25, -0.2) is 13.1 Å². The Labute approximate surface area is 180 Å². The van der Waals surface area contributed by atoms with Gasteiger partial charge in [-0.15, -0.1) is 0 Å². The van der Waals surface area contributed by atoms with Crippen molar-refractivity contribution < 1.29 is 17.9 Å². The largest absolute Gasteiger partial charge is 0.497 e. The molecule has 0 radical (unpaired) electrons. The number of nitrogens with one attached hydrogen (secondary N) is 3. The maximum Gasteiger partial charge on any atom is 0.264 e. The van der Waals surface area contributed by atoms with Crippen LogP contribution in [0.3, 0.4) is 0 Å². The van der Waals surface area contributed by atoms with Crippen LogP contribution in [-0.2, 0) is 10.0 Å². The van der Waals surface area contributed by atoms with Gasteiger partial charge in [-0.2, -0.15) is 0 Å². The zero-order valence-corrected chi connectivity index (χ0v) is 17.6. The molecular formula is C21H19N3O4S2. The summed E-state index contributed by atoms with van der Waals surface area (Å²) < 4.78 is 32.0. The van der Waals surface area contributed by atoms with E-state index < -0.39 is 15.9 Å². The van der Waals surface area contributed by atoms with Crippen molar-refractivity contribution in [2.24, 2.45) is 0 Å². The molecule has 0 unspecified atom stereocenters. The summed E-state index contributed by atoms with van der Waals surface area (Å²) in [7, 11) is -2.41. The van der Waals surface area contributed by atoms with E-state index in [2.05, 4.69) is 15.4 Å². The van der Waals surface area contributed by atoms with Gasteiger partial charge in [-0.3, -0.25) is 4.79 Å². The fourth-order valence-corrected chi connectivity index (χ4v) is 3.72. The van der Waals surface area contributed by atoms with Gasteiger partial charge in [0, 0.05) is 16.9 Å². The van der Waals surface area contributed by atoms with Gasteiger partial charge in [0.25, 0.3) is 15.9 Å². The van der Waals surface area contributed by atoms with Gasteiger partial charge in [-0.05, 0) is 72.9 Å². The molecule has 0 fully saturated rings. The minimum absolute atomic E-state index is 0.0358. The smallest absolute Gasteiger partial charge is 0.264 e. The molecule has 30 heavy (non-hydrogen) atoms. The van der Waals surface area contributed by atoms with E-state index in [0.717, 1.165) is 11.4 Å². The Morgan fingerprint density at radius 2 is 1.37 bits per heavy atom. The van der Waals surface area contributed by atoms with Crippen molar-refractivity contribution in [3.05, 3.63) is 84.4 Å². The second kappa shape index (κ2) is 9.38. The molecule has 0 aromatic heterocycles. The Bertz CT molecular complexity index is 1130. The van der Waals surface area contributed by atoms with Crippen molar-refractivity contribution >= 4 is 44.6 Å². The lowest BCUT2D eigenvalue weighted by molar-refractivity contribution is 0.0981. The second-order valence-corrected chi connectivity index (χ2v) is 8.22. The molecule has 3 rings (SSSR count). The van der Waals surface area contributed by atoms with Crippen LogP contribution in [0.15, 0.2) is 83.8 Å². The number of ether oxygens (including phenoxy) is 1. The lowest BCUT2D eigenvalue weighted by Gasteiger charge is -2.12. The molecule has 0 saturated heterocycles. The van der Waals surface area contributed by atoms with Crippen molar-refractivity contribution in [3.8, 4) is 5.75 Å². The van der Waals surface area contributed by atoms with Gasteiger partial charge in [0.15, 0.2) is 5.11 Å². The van der Waals surface area contributed by atoms with E-state index in [-0.39, 0.29) is 10.5 Å². The number of carbonyl (C=O) groups excluding carboxylic acids is 1. The number of thiocarbonyl (C=S) groups is 1. The van der Waals surface area contributed by atoms with E-state index in [9.17, 15) is 13.2 Å². The molecular weight excluding hydrogens is 422 g/mol. The highest BCUT2D eigenvalue weighted by Crippen LogP contribution is 2.17.